The van der Waals surface area contributed by atoms with Crippen LogP contribution < -0.4 is 10.1 Å². The summed E-state index contributed by atoms with van der Waals surface area (Å²) in [6.45, 7) is 1.80. The highest BCUT2D eigenvalue weighted by atomic mass is 16.5. The Kier molecular flexibility index (Phi) is 5.04. The average molecular weight is 353 g/mol. The molecule has 1 N–H and O–H groups in total. The molecule has 0 fully saturated rings. The van der Waals surface area contributed by atoms with Gasteiger partial charge in [-0.15, -0.1) is 0 Å². The fraction of sp³-hybridized carbons (Fsp3) is 0.200. The first-order valence-corrected chi connectivity index (χ1v) is 8.04. The molecule has 0 atom stereocenters. The van der Waals surface area contributed by atoms with Gasteiger partial charge in [0.1, 0.15) is 17.9 Å². The SMILES string of the molecule is COCC(=O)Nc1ccc2c(C)c(C(=O)c3cccc(OC)c3)oc2c1. The van der Waals surface area contributed by atoms with E-state index in [0.29, 0.717) is 22.6 Å². The number of aryl methyl sites for hydroxylation is 1. The first-order chi connectivity index (χ1) is 12.5. The topological polar surface area (TPSA) is 77.8 Å². The highest BCUT2D eigenvalue weighted by molar-refractivity contribution is 6.11. The monoisotopic (exact) mass is 353 g/mol. The summed E-state index contributed by atoms with van der Waals surface area (Å²) in [6.07, 6.45) is 0. The van der Waals surface area contributed by atoms with Crippen LogP contribution in [0.5, 0.6) is 5.75 Å². The third-order valence-corrected chi connectivity index (χ3v) is 4.04. The van der Waals surface area contributed by atoms with Gasteiger partial charge < -0.3 is 19.2 Å². The third kappa shape index (κ3) is 3.45. The van der Waals surface area contributed by atoms with Crippen LogP contribution >= 0.6 is 0 Å². The standard InChI is InChI=1S/C20H19NO5/c1-12-16-8-7-14(21-18(22)11-24-2)10-17(16)26-20(12)19(23)13-5-4-6-15(9-13)25-3/h4-10H,11H2,1-3H3,(H,21,22). The van der Waals surface area contributed by atoms with Gasteiger partial charge in [-0.2, -0.15) is 0 Å². The van der Waals surface area contributed by atoms with Gasteiger partial charge in [-0.05, 0) is 31.2 Å². The van der Waals surface area contributed by atoms with Gasteiger partial charge in [0, 0.05) is 35.4 Å². The molecule has 0 unspecified atom stereocenters. The Labute approximate surface area is 150 Å². The van der Waals surface area contributed by atoms with Crippen molar-refractivity contribution in [1.29, 1.82) is 0 Å². The first-order valence-electron chi connectivity index (χ1n) is 8.04. The highest BCUT2D eigenvalue weighted by Crippen LogP contribution is 2.29. The summed E-state index contributed by atoms with van der Waals surface area (Å²) < 4.78 is 15.8. The Hall–Kier alpha value is -3.12. The molecule has 0 aliphatic carbocycles. The average Bonchev–Trinajstić information content (AvgIpc) is 2.97. The molecule has 0 saturated carbocycles. The van der Waals surface area contributed by atoms with E-state index in [0.717, 1.165) is 10.9 Å². The van der Waals surface area contributed by atoms with Crippen LogP contribution in [0.1, 0.15) is 21.7 Å². The van der Waals surface area contributed by atoms with Crippen LogP contribution in [0.25, 0.3) is 11.0 Å². The van der Waals surface area contributed by atoms with Crippen LogP contribution in [0.15, 0.2) is 46.9 Å². The van der Waals surface area contributed by atoms with Crippen LogP contribution in [-0.2, 0) is 9.53 Å². The van der Waals surface area contributed by atoms with Crippen molar-refractivity contribution in [2.24, 2.45) is 0 Å². The molecule has 0 aliphatic heterocycles. The summed E-state index contributed by atoms with van der Waals surface area (Å²) in [5.74, 6) is 0.395. The molecule has 6 nitrogen and oxygen atoms in total. The fourth-order valence-corrected chi connectivity index (χ4v) is 2.74. The maximum Gasteiger partial charge on any atom is 0.250 e. The molecule has 0 radical (unpaired) electrons. The Balaban J connectivity index is 1.95. The molecule has 0 aliphatic rings. The molecule has 0 spiro atoms. The van der Waals surface area contributed by atoms with Crippen LogP contribution in [0.2, 0.25) is 0 Å². The number of benzene rings is 2. The number of hydrogen-bond donors (Lipinski definition) is 1. The summed E-state index contributed by atoms with van der Waals surface area (Å²) in [5, 5.41) is 3.53. The largest absolute Gasteiger partial charge is 0.497 e. The summed E-state index contributed by atoms with van der Waals surface area (Å²) in [4.78, 5) is 24.5. The van der Waals surface area contributed by atoms with Crippen LogP contribution in [-0.4, -0.2) is 32.5 Å². The van der Waals surface area contributed by atoms with Crippen molar-refractivity contribution < 1.29 is 23.5 Å². The van der Waals surface area contributed by atoms with Gasteiger partial charge >= 0.3 is 0 Å². The van der Waals surface area contributed by atoms with Crippen LogP contribution in [0.4, 0.5) is 5.69 Å². The maximum absolute atomic E-state index is 12.8. The number of carbonyl (C=O) groups excluding carboxylic acids is 2. The molecule has 1 aromatic heterocycles. The number of hydrogen-bond acceptors (Lipinski definition) is 5. The van der Waals surface area contributed by atoms with Crippen molar-refractivity contribution in [1.82, 2.24) is 0 Å². The third-order valence-electron chi connectivity index (χ3n) is 4.04. The number of ketones is 1. The molecule has 3 aromatic rings. The lowest BCUT2D eigenvalue weighted by Gasteiger charge is -2.03. The lowest BCUT2D eigenvalue weighted by atomic mass is 10.0. The number of fused-ring (bicyclic) bond motifs is 1. The van der Waals surface area contributed by atoms with Gasteiger partial charge in [0.2, 0.25) is 11.7 Å². The van der Waals surface area contributed by atoms with Gasteiger partial charge in [0.05, 0.1) is 7.11 Å². The fourth-order valence-electron chi connectivity index (χ4n) is 2.74. The minimum Gasteiger partial charge on any atom is -0.497 e. The molecule has 2 aromatic carbocycles. The molecular formula is C20H19NO5. The first kappa shape index (κ1) is 17.7. The van der Waals surface area contributed by atoms with Gasteiger partial charge in [-0.1, -0.05) is 12.1 Å². The maximum atomic E-state index is 12.8. The van der Waals surface area contributed by atoms with Crippen molar-refractivity contribution in [3.05, 3.63) is 59.4 Å². The van der Waals surface area contributed by atoms with E-state index in [2.05, 4.69) is 5.32 Å². The van der Waals surface area contributed by atoms with Crippen molar-refractivity contribution >= 4 is 28.3 Å². The second-order valence-electron chi connectivity index (χ2n) is 5.81. The smallest absolute Gasteiger partial charge is 0.250 e. The Morgan fingerprint density at radius 2 is 1.92 bits per heavy atom. The van der Waals surface area contributed by atoms with Crippen LogP contribution in [0, 0.1) is 6.92 Å². The molecule has 3 rings (SSSR count). The lowest BCUT2D eigenvalue weighted by Crippen LogP contribution is -2.16. The van der Waals surface area contributed by atoms with Gasteiger partial charge in [-0.3, -0.25) is 9.59 Å². The minimum atomic E-state index is -0.261. The molecule has 6 heteroatoms. The van der Waals surface area contributed by atoms with E-state index in [-0.39, 0.29) is 24.1 Å². The number of nitrogens with one attached hydrogen (secondary N) is 1. The summed E-state index contributed by atoms with van der Waals surface area (Å²) in [7, 11) is 3.00. The molecule has 134 valence electrons. The van der Waals surface area contributed by atoms with Crippen molar-refractivity contribution in [2.75, 3.05) is 26.1 Å². The van der Waals surface area contributed by atoms with E-state index < -0.39 is 0 Å². The van der Waals surface area contributed by atoms with E-state index in [1.165, 1.54) is 7.11 Å². The van der Waals surface area contributed by atoms with Crippen LogP contribution in [0.3, 0.4) is 0 Å². The van der Waals surface area contributed by atoms with Gasteiger partial charge in [0.25, 0.3) is 0 Å². The zero-order valence-electron chi connectivity index (χ0n) is 14.8. The normalized spacial score (nSPS) is 10.7. The van der Waals surface area contributed by atoms with E-state index in [1.807, 2.05) is 13.0 Å². The number of rotatable bonds is 6. The second-order valence-corrected chi connectivity index (χ2v) is 5.81. The quantitative estimate of drug-likeness (QED) is 0.686. The number of amides is 1. The number of methoxy groups -OCH3 is 2. The predicted octanol–water partition coefficient (Wildman–Crippen LogP) is 3.57. The Bertz CT molecular complexity index is 973. The zero-order chi connectivity index (χ0) is 18.7. The molecule has 1 amide bonds. The van der Waals surface area contributed by atoms with Crippen molar-refractivity contribution in [2.45, 2.75) is 6.92 Å². The minimum absolute atomic E-state index is 0.0329. The van der Waals surface area contributed by atoms with E-state index >= 15 is 0 Å². The number of furan rings is 1. The Morgan fingerprint density at radius 3 is 2.65 bits per heavy atom. The van der Waals surface area contributed by atoms with E-state index in [9.17, 15) is 9.59 Å². The van der Waals surface area contributed by atoms with E-state index in [1.54, 1.807) is 43.5 Å². The van der Waals surface area contributed by atoms with Gasteiger partial charge in [0.15, 0.2) is 5.76 Å². The second kappa shape index (κ2) is 7.41. The number of anilines is 1. The van der Waals surface area contributed by atoms with E-state index in [4.69, 9.17) is 13.9 Å². The molecular weight excluding hydrogens is 334 g/mol. The predicted molar refractivity (Wildman–Crippen MR) is 97.9 cm³/mol. The zero-order valence-corrected chi connectivity index (χ0v) is 14.8. The molecule has 1 heterocycles. The van der Waals surface area contributed by atoms with Gasteiger partial charge in [-0.25, -0.2) is 0 Å². The van der Waals surface area contributed by atoms with Crippen molar-refractivity contribution in [3.8, 4) is 5.75 Å². The van der Waals surface area contributed by atoms with Crippen molar-refractivity contribution in [3.63, 3.8) is 0 Å². The Morgan fingerprint density at radius 1 is 1.12 bits per heavy atom. The molecule has 26 heavy (non-hydrogen) atoms. The lowest BCUT2D eigenvalue weighted by molar-refractivity contribution is -0.119. The summed E-state index contributed by atoms with van der Waals surface area (Å²) in [5.41, 5.74) is 2.35. The summed E-state index contributed by atoms with van der Waals surface area (Å²) >= 11 is 0. The molecule has 0 saturated heterocycles. The number of carbonyl (C=O) groups is 2. The number of ether oxygens (including phenoxy) is 2. The molecule has 0 bridgehead atoms. The highest BCUT2D eigenvalue weighted by Gasteiger charge is 2.20. The summed E-state index contributed by atoms with van der Waals surface area (Å²) in [6, 6.07) is 12.2.